The van der Waals surface area contributed by atoms with E-state index in [0.717, 1.165) is 6.07 Å². The van der Waals surface area contributed by atoms with Gasteiger partial charge in [-0.25, -0.2) is 13.6 Å². The predicted octanol–water partition coefficient (Wildman–Crippen LogP) is 3.20. The minimum absolute atomic E-state index is 0.518. The smallest absolute Gasteiger partial charge is 0.459 e. The van der Waals surface area contributed by atoms with Crippen molar-refractivity contribution >= 4 is 5.97 Å². The number of alkyl halides is 3. The number of halogens is 5. The van der Waals surface area contributed by atoms with Crippen molar-refractivity contribution in [2.24, 2.45) is 5.73 Å². The highest BCUT2D eigenvalue weighted by Crippen LogP contribution is 2.32. The molecule has 22 heavy (non-hydrogen) atoms. The van der Waals surface area contributed by atoms with Gasteiger partial charge in [0.1, 0.15) is 11.6 Å². The molecule has 0 aliphatic heterocycles. The molecule has 0 aliphatic rings. The molecule has 4 nitrogen and oxygen atoms in total. The maximum Gasteiger partial charge on any atom is 0.573 e. The second-order valence-electron chi connectivity index (χ2n) is 5.34. The Hall–Kier alpha value is -1.90. The Balaban J connectivity index is 3.16. The van der Waals surface area contributed by atoms with E-state index in [-0.39, 0.29) is 0 Å². The van der Waals surface area contributed by atoms with Crippen LogP contribution in [0.4, 0.5) is 22.0 Å². The molecule has 1 unspecified atom stereocenters. The third kappa shape index (κ3) is 4.83. The summed E-state index contributed by atoms with van der Waals surface area (Å²) in [6, 6.07) is -0.456. The summed E-state index contributed by atoms with van der Waals surface area (Å²) >= 11 is 0. The molecule has 0 aliphatic carbocycles. The molecule has 0 radical (unpaired) electrons. The quantitative estimate of drug-likeness (QED) is 0.684. The molecule has 0 fully saturated rings. The fourth-order valence-electron chi connectivity index (χ4n) is 1.49. The van der Waals surface area contributed by atoms with Crippen molar-refractivity contribution in [3.05, 3.63) is 29.3 Å². The first-order chi connectivity index (χ1) is 9.82. The zero-order valence-corrected chi connectivity index (χ0v) is 11.9. The zero-order valence-electron chi connectivity index (χ0n) is 11.9. The summed E-state index contributed by atoms with van der Waals surface area (Å²) in [7, 11) is 0. The molecule has 2 N–H and O–H groups in total. The maximum absolute atomic E-state index is 14.0. The number of carbonyl (C=O) groups is 1. The number of benzene rings is 1. The van der Waals surface area contributed by atoms with Gasteiger partial charge in [-0.3, -0.25) is 0 Å². The minimum atomic E-state index is -5.30. The maximum atomic E-state index is 14.0. The Kier molecular flexibility index (Phi) is 5.01. The standard InChI is InChI=1S/C13H14F5NO3/c1-12(2,3)22-11(20)9(19)6-4-5-7(14)10(8(6)15)21-13(16,17)18/h4-5,9H,19H2,1-3H3. The van der Waals surface area contributed by atoms with E-state index in [4.69, 9.17) is 10.5 Å². The molecule has 0 saturated heterocycles. The van der Waals surface area contributed by atoms with Crippen LogP contribution in [0, 0.1) is 11.6 Å². The molecule has 0 aromatic heterocycles. The minimum Gasteiger partial charge on any atom is -0.459 e. The van der Waals surface area contributed by atoms with E-state index >= 15 is 0 Å². The van der Waals surface area contributed by atoms with Crippen LogP contribution in [-0.2, 0) is 9.53 Å². The van der Waals surface area contributed by atoms with Crippen molar-refractivity contribution in [2.45, 2.75) is 38.8 Å². The lowest BCUT2D eigenvalue weighted by Gasteiger charge is -2.23. The second-order valence-corrected chi connectivity index (χ2v) is 5.34. The largest absolute Gasteiger partial charge is 0.573 e. The topological polar surface area (TPSA) is 61.5 Å². The number of esters is 1. The van der Waals surface area contributed by atoms with Crippen LogP contribution in [0.3, 0.4) is 0 Å². The van der Waals surface area contributed by atoms with Crippen LogP contribution in [0.15, 0.2) is 12.1 Å². The van der Waals surface area contributed by atoms with Crippen molar-refractivity contribution in [1.82, 2.24) is 0 Å². The van der Waals surface area contributed by atoms with E-state index in [0.29, 0.717) is 6.07 Å². The number of rotatable bonds is 3. The molecule has 1 atom stereocenters. The van der Waals surface area contributed by atoms with E-state index in [1.165, 1.54) is 20.8 Å². The zero-order chi connectivity index (χ0) is 17.3. The van der Waals surface area contributed by atoms with Crippen LogP contribution in [0.5, 0.6) is 5.75 Å². The number of hydrogen-bond acceptors (Lipinski definition) is 4. The summed E-state index contributed by atoms with van der Waals surface area (Å²) in [5.41, 5.74) is 3.85. The molecule has 0 bridgehead atoms. The average Bonchev–Trinajstić information content (AvgIpc) is 2.30. The molecule has 9 heteroatoms. The van der Waals surface area contributed by atoms with E-state index in [9.17, 15) is 26.7 Å². The van der Waals surface area contributed by atoms with Crippen molar-refractivity contribution in [2.75, 3.05) is 0 Å². The van der Waals surface area contributed by atoms with E-state index < -0.39 is 46.9 Å². The van der Waals surface area contributed by atoms with Gasteiger partial charge in [0.05, 0.1) is 0 Å². The monoisotopic (exact) mass is 327 g/mol. The molecule has 1 rings (SSSR count). The third-order valence-electron chi connectivity index (χ3n) is 2.29. The van der Waals surface area contributed by atoms with Gasteiger partial charge in [0, 0.05) is 5.56 Å². The molecule has 124 valence electrons. The van der Waals surface area contributed by atoms with Gasteiger partial charge in [-0.1, -0.05) is 6.07 Å². The van der Waals surface area contributed by atoms with Gasteiger partial charge in [-0.2, -0.15) is 0 Å². The van der Waals surface area contributed by atoms with Gasteiger partial charge in [-0.05, 0) is 26.8 Å². The van der Waals surface area contributed by atoms with Gasteiger partial charge in [0.2, 0.25) is 5.75 Å². The normalized spacial score (nSPS) is 13.7. The molecule has 1 aromatic carbocycles. The summed E-state index contributed by atoms with van der Waals surface area (Å²) in [5.74, 6) is -6.04. The molecule has 0 amide bonds. The highest BCUT2D eigenvalue weighted by atomic mass is 19.4. The first-order valence-corrected chi connectivity index (χ1v) is 6.04. The highest BCUT2D eigenvalue weighted by molar-refractivity contribution is 5.78. The van der Waals surface area contributed by atoms with E-state index in [1.54, 1.807) is 0 Å². The fraction of sp³-hybridized carbons (Fsp3) is 0.462. The van der Waals surface area contributed by atoms with Crippen molar-refractivity contribution in [1.29, 1.82) is 0 Å². The van der Waals surface area contributed by atoms with Crippen LogP contribution in [-0.4, -0.2) is 17.9 Å². The molecule has 0 spiro atoms. The molecular formula is C13H14F5NO3. The first-order valence-electron chi connectivity index (χ1n) is 6.04. The summed E-state index contributed by atoms with van der Waals surface area (Å²) < 4.78 is 71.8. The summed E-state index contributed by atoms with van der Waals surface area (Å²) in [6.07, 6.45) is -5.30. The van der Waals surface area contributed by atoms with Gasteiger partial charge in [0.15, 0.2) is 11.6 Å². The van der Waals surface area contributed by atoms with Gasteiger partial charge >= 0.3 is 12.3 Å². The number of hydrogen-bond donors (Lipinski definition) is 1. The Labute approximate surface area is 123 Å². The third-order valence-corrected chi connectivity index (χ3v) is 2.29. The lowest BCUT2D eigenvalue weighted by molar-refractivity contribution is -0.276. The average molecular weight is 327 g/mol. The lowest BCUT2D eigenvalue weighted by atomic mass is 10.1. The molecule has 1 aromatic rings. The number of ether oxygens (including phenoxy) is 2. The van der Waals surface area contributed by atoms with Crippen LogP contribution >= 0.6 is 0 Å². The summed E-state index contributed by atoms with van der Waals surface area (Å²) in [4.78, 5) is 11.7. The van der Waals surface area contributed by atoms with Gasteiger partial charge in [-0.15, -0.1) is 13.2 Å². The SMILES string of the molecule is CC(C)(C)OC(=O)C(N)c1ccc(F)c(OC(F)(F)F)c1F. The Bertz CT molecular complexity index is 566. The van der Waals surface area contributed by atoms with Crippen molar-refractivity contribution in [3.63, 3.8) is 0 Å². The van der Waals surface area contributed by atoms with E-state index in [2.05, 4.69) is 4.74 Å². The first kappa shape index (κ1) is 18.1. The lowest BCUT2D eigenvalue weighted by Crippen LogP contribution is -2.32. The van der Waals surface area contributed by atoms with Gasteiger partial charge in [0.25, 0.3) is 0 Å². The molecule has 0 saturated carbocycles. The van der Waals surface area contributed by atoms with Crippen LogP contribution in [0.1, 0.15) is 32.4 Å². The summed E-state index contributed by atoms with van der Waals surface area (Å²) in [5, 5.41) is 0. The van der Waals surface area contributed by atoms with Crippen LogP contribution in [0.25, 0.3) is 0 Å². The van der Waals surface area contributed by atoms with Crippen molar-refractivity contribution < 1.29 is 36.2 Å². The number of nitrogens with two attached hydrogens (primary N) is 1. The second kappa shape index (κ2) is 6.07. The molecular weight excluding hydrogens is 313 g/mol. The van der Waals surface area contributed by atoms with Crippen LogP contribution < -0.4 is 10.5 Å². The Morgan fingerprint density at radius 2 is 1.73 bits per heavy atom. The van der Waals surface area contributed by atoms with Crippen molar-refractivity contribution in [3.8, 4) is 5.75 Å². The number of carbonyl (C=O) groups excluding carboxylic acids is 1. The Morgan fingerprint density at radius 1 is 1.18 bits per heavy atom. The highest BCUT2D eigenvalue weighted by Gasteiger charge is 2.36. The Morgan fingerprint density at radius 3 is 2.18 bits per heavy atom. The van der Waals surface area contributed by atoms with Gasteiger partial charge < -0.3 is 15.2 Å². The van der Waals surface area contributed by atoms with E-state index in [1.807, 2.05) is 0 Å². The molecule has 0 heterocycles. The predicted molar refractivity (Wildman–Crippen MR) is 65.8 cm³/mol. The van der Waals surface area contributed by atoms with Crippen LogP contribution in [0.2, 0.25) is 0 Å². The summed E-state index contributed by atoms with van der Waals surface area (Å²) in [6.45, 7) is 4.57. The fourth-order valence-corrected chi connectivity index (χ4v) is 1.49.